The molecule has 0 aliphatic carbocycles. The van der Waals surface area contributed by atoms with Crippen molar-refractivity contribution >= 4 is 27.5 Å². The number of hydrogen-bond acceptors (Lipinski definition) is 0. The van der Waals surface area contributed by atoms with Gasteiger partial charge in [-0.25, -0.2) is 4.39 Å². The van der Waals surface area contributed by atoms with Crippen molar-refractivity contribution in [3.63, 3.8) is 0 Å². The summed E-state index contributed by atoms with van der Waals surface area (Å²) in [6.45, 7) is 0. The fourth-order valence-electron chi connectivity index (χ4n) is 1.49. The first-order chi connectivity index (χ1) is 7.68. The molecule has 2 rings (SSSR count). The van der Waals surface area contributed by atoms with Crippen LogP contribution in [0.15, 0.2) is 53.0 Å². The average Bonchev–Trinajstić information content (AvgIpc) is 2.30. The highest BCUT2D eigenvalue weighted by atomic mass is 79.9. The van der Waals surface area contributed by atoms with E-state index in [1.165, 1.54) is 6.07 Å². The minimum atomic E-state index is -0.450. The Morgan fingerprint density at radius 2 is 1.62 bits per heavy atom. The molecule has 16 heavy (non-hydrogen) atoms. The smallest absolute Gasteiger partial charge is 0.128 e. The summed E-state index contributed by atoms with van der Waals surface area (Å²) in [6, 6.07) is 14.1. The van der Waals surface area contributed by atoms with Crippen LogP contribution < -0.4 is 0 Å². The monoisotopic (exact) mass is 298 g/mol. The number of hydrogen-bond donors (Lipinski definition) is 0. The molecule has 0 N–H and O–H groups in total. The van der Waals surface area contributed by atoms with Gasteiger partial charge in [0.15, 0.2) is 0 Å². The first kappa shape index (κ1) is 11.6. The molecule has 0 radical (unpaired) electrons. The molecule has 2 aromatic rings. The third-order valence-electron chi connectivity index (χ3n) is 2.34. The highest BCUT2D eigenvalue weighted by Crippen LogP contribution is 2.30. The molecule has 0 amide bonds. The Kier molecular flexibility index (Phi) is 3.62. The summed E-state index contributed by atoms with van der Waals surface area (Å²) in [6.07, 6.45) is 0. The van der Waals surface area contributed by atoms with Crippen molar-refractivity contribution in [1.29, 1.82) is 0 Å². The van der Waals surface area contributed by atoms with E-state index in [2.05, 4.69) is 15.9 Å². The van der Waals surface area contributed by atoms with Gasteiger partial charge in [-0.3, -0.25) is 0 Å². The second-order valence-corrected chi connectivity index (χ2v) is 4.79. The molecule has 0 heterocycles. The molecule has 1 unspecified atom stereocenters. The van der Waals surface area contributed by atoms with E-state index in [0.717, 1.165) is 10.0 Å². The normalized spacial score (nSPS) is 12.4. The summed E-state index contributed by atoms with van der Waals surface area (Å²) >= 11 is 9.58. The summed E-state index contributed by atoms with van der Waals surface area (Å²) in [5, 5.41) is -0.450. The second-order valence-electron chi connectivity index (χ2n) is 3.44. The molecule has 0 saturated heterocycles. The fraction of sp³-hybridized carbons (Fsp3) is 0.0769. The topological polar surface area (TPSA) is 0 Å². The van der Waals surface area contributed by atoms with Crippen molar-refractivity contribution < 1.29 is 4.39 Å². The van der Waals surface area contributed by atoms with Crippen molar-refractivity contribution in [1.82, 2.24) is 0 Å². The van der Waals surface area contributed by atoms with Gasteiger partial charge in [0.1, 0.15) is 5.82 Å². The molecule has 0 saturated carbocycles. The van der Waals surface area contributed by atoms with E-state index in [1.54, 1.807) is 18.2 Å². The summed E-state index contributed by atoms with van der Waals surface area (Å²) in [7, 11) is 0. The summed E-state index contributed by atoms with van der Waals surface area (Å²) < 4.78 is 14.5. The van der Waals surface area contributed by atoms with Crippen LogP contribution in [0.4, 0.5) is 4.39 Å². The van der Waals surface area contributed by atoms with E-state index < -0.39 is 5.38 Å². The summed E-state index contributed by atoms with van der Waals surface area (Å²) in [5.74, 6) is -0.273. The highest BCUT2D eigenvalue weighted by molar-refractivity contribution is 9.10. The molecule has 1 atom stereocenters. The molecule has 2 aromatic carbocycles. The van der Waals surface area contributed by atoms with E-state index >= 15 is 0 Å². The van der Waals surface area contributed by atoms with Gasteiger partial charge in [0.25, 0.3) is 0 Å². The van der Waals surface area contributed by atoms with Crippen molar-refractivity contribution in [3.05, 3.63) is 69.9 Å². The van der Waals surface area contributed by atoms with Crippen LogP contribution in [0.1, 0.15) is 16.5 Å². The van der Waals surface area contributed by atoms with E-state index in [9.17, 15) is 4.39 Å². The minimum Gasteiger partial charge on any atom is -0.207 e. The van der Waals surface area contributed by atoms with Crippen molar-refractivity contribution in [2.24, 2.45) is 0 Å². The maximum atomic E-state index is 13.5. The van der Waals surface area contributed by atoms with Crippen LogP contribution in [0, 0.1) is 5.82 Å². The SMILES string of the molecule is Fc1ccccc1C(Cl)c1ccc(Br)cc1. The van der Waals surface area contributed by atoms with Gasteiger partial charge < -0.3 is 0 Å². The lowest BCUT2D eigenvalue weighted by Gasteiger charge is -2.11. The number of rotatable bonds is 2. The van der Waals surface area contributed by atoms with Crippen LogP contribution in [0.25, 0.3) is 0 Å². The Labute approximate surface area is 107 Å². The molecule has 82 valence electrons. The molecule has 0 aliphatic rings. The summed E-state index contributed by atoms with van der Waals surface area (Å²) in [4.78, 5) is 0. The van der Waals surface area contributed by atoms with Crippen LogP contribution in [0.3, 0.4) is 0 Å². The lowest BCUT2D eigenvalue weighted by atomic mass is 10.0. The molecule has 0 fully saturated rings. The third-order valence-corrected chi connectivity index (χ3v) is 3.36. The zero-order valence-electron chi connectivity index (χ0n) is 8.33. The Bertz CT molecular complexity index is 482. The average molecular weight is 300 g/mol. The predicted octanol–water partition coefficient (Wildman–Crippen LogP) is 4.92. The van der Waals surface area contributed by atoms with Gasteiger partial charge in [0, 0.05) is 10.0 Å². The lowest BCUT2D eigenvalue weighted by Crippen LogP contribution is -1.96. The molecule has 0 aromatic heterocycles. The van der Waals surface area contributed by atoms with E-state index in [0.29, 0.717) is 5.56 Å². The zero-order valence-corrected chi connectivity index (χ0v) is 10.7. The Balaban J connectivity index is 2.35. The van der Waals surface area contributed by atoms with E-state index in [1.807, 2.05) is 24.3 Å². The van der Waals surface area contributed by atoms with Gasteiger partial charge in [0.05, 0.1) is 5.38 Å². The van der Waals surface area contributed by atoms with Gasteiger partial charge >= 0.3 is 0 Å². The Morgan fingerprint density at radius 1 is 1.00 bits per heavy atom. The lowest BCUT2D eigenvalue weighted by molar-refractivity contribution is 0.612. The standard InChI is InChI=1S/C13H9BrClF/c14-10-7-5-9(6-8-10)13(15)11-3-1-2-4-12(11)16/h1-8,13H. The van der Waals surface area contributed by atoms with Crippen molar-refractivity contribution in [2.75, 3.05) is 0 Å². The maximum Gasteiger partial charge on any atom is 0.128 e. The molecule has 0 nitrogen and oxygen atoms in total. The molecule has 3 heteroatoms. The van der Waals surface area contributed by atoms with Crippen LogP contribution >= 0.6 is 27.5 Å². The van der Waals surface area contributed by atoms with Crippen molar-refractivity contribution in [3.8, 4) is 0 Å². The van der Waals surface area contributed by atoms with Gasteiger partial charge in [-0.05, 0) is 23.8 Å². The Hall–Kier alpha value is -0.860. The van der Waals surface area contributed by atoms with E-state index in [4.69, 9.17) is 11.6 Å². The maximum absolute atomic E-state index is 13.5. The minimum absolute atomic E-state index is 0.273. The second kappa shape index (κ2) is 4.98. The van der Waals surface area contributed by atoms with Crippen LogP contribution in [-0.2, 0) is 0 Å². The highest BCUT2D eigenvalue weighted by Gasteiger charge is 2.14. The molecule has 0 aliphatic heterocycles. The van der Waals surface area contributed by atoms with Crippen LogP contribution in [-0.4, -0.2) is 0 Å². The first-order valence-corrected chi connectivity index (χ1v) is 6.05. The fourth-order valence-corrected chi connectivity index (χ4v) is 2.08. The first-order valence-electron chi connectivity index (χ1n) is 4.82. The quantitative estimate of drug-likeness (QED) is 0.691. The molecule has 0 bridgehead atoms. The largest absolute Gasteiger partial charge is 0.207 e. The van der Waals surface area contributed by atoms with Crippen molar-refractivity contribution in [2.45, 2.75) is 5.38 Å². The van der Waals surface area contributed by atoms with E-state index in [-0.39, 0.29) is 5.82 Å². The zero-order chi connectivity index (χ0) is 11.5. The van der Waals surface area contributed by atoms with Crippen LogP contribution in [0.2, 0.25) is 0 Å². The summed E-state index contributed by atoms with van der Waals surface area (Å²) in [5.41, 5.74) is 1.39. The molecular weight excluding hydrogens is 290 g/mol. The predicted molar refractivity (Wildman–Crippen MR) is 68.2 cm³/mol. The third kappa shape index (κ3) is 2.45. The number of alkyl halides is 1. The number of benzene rings is 2. The van der Waals surface area contributed by atoms with Gasteiger partial charge in [-0.1, -0.05) is 46.3 Å². The number of halogens is 3. The van der Waals surface area contributed by atoms with Crippen LogP contribution in [0.5, 0.6) is 0 Å². The molecular formula is C13H9BrClF. The molecule has 0 spiro atoms. The Morgan fingerprint density at radius 3 is 2.25 bits per heavy atom. The van der Waals surface area contributed by atoms with Gasteiger partial charge in [0.2, 0.25) is 0 Å². The van der Waals surface area contributed by atoms with Gasteiger partial charge in [-0.15, -0.1) is 11.6 Å². The van der Waals surface area contributed by atoms with Gasteiger partial charge in [-0.2, -0.15) is 0 Å².